The van der Waals surface area contributed by atoms with E-state index in [2.05, 4.69) is 5.32 Å². The van der Waals surface area contributed by atoms with Crippen LogP contribution in [0.15, 0.2) is 18.2 Å². The Kier molecular flexibility index (Phi) is 4.05. The van der Waals surface area contributed by atoms with Crippen LogP contribution >= 0.6 is 0 Å². The van der Waals surface area contributed by atoms with Crippen LogP contribution in [0.1, 0.15) is 18.9 Å². The van der Waals surface area contributed by atoms with Gasteiger partial charge in [0, 0.05) is 12.6 Å². The topological polar surface area (TPSA) is 75.4 Å². The van der Waals surface area contributed by atoms with Gasteiger partial charge in [-0.25, -0.2) is 0 Å². The molecule has 0 amide bonds. The van der Waals surface area contributed by atoms with E-state index in [4.69, 9.17) is 5.11 Å². The fourth-order valence-electron chi connectivity index (χ4n) is 1.24. The Balaban J connectivity index is 2.98. The first kappa shape index (κ1) is 11.5. The second-order valence-electron chi connectivity index (χ2n) is 3.19. The summed E-state index contributed by atoms with van der Waals surface area (Å²) in [5, 5.41) is 22.6. The number of aliphatic hydroxyl groups is 1. The largest absolute Gasteiger partial charge is 0.392 e. The second-order valence-corrected chi connectivity index (χ2v) is 3.19. The molecule has 5 heteroatoms. The highest BCUT2D eigenvalue weighted by molar-refractivity contribution is 5.62. The molecule has 15 heavy (non-hydrogen) atoms. The number of nitro groups is 1. The zero-order valence-corrected chi connectivity index (χ0v) is 8.56. The third kappa shape index (κ3) is 2.92. The molecule has 0 saturated heterocycles. The molecule has 0 bridgehead atoms. The molecule has 0 heterocycles. The summed E-state index contributed by atoms with van der Waals surface area (Å²) in [6.45, 7) is 2.50. The number of nitro benzene ring substituents is 1. The van der Waals surface area contributed by atoms with Crippen molar-refractivity contribution >= 4 is 11.4 Å². The van der Waals surface area contributed by atoms with Crippen molar-refractivity contribution in [3.63, 3.8) is 0 Å². The number of benzene rings is 1. The van der Waals surface area contributed by atoms with Crippen LogP contribution in [0.5, 0.6) is 0 Å². The van der Waals surface area contributed by atoms with Crippen molar-refractivity contribution in [2.24, 2.45) is 0 Å². The highest BCUT2D eigenvalue weighted by Gasteiger charge is 2.13. The third-order valence-corrected chi connectivity index (χ3v) is 2.01. The van der Waals surface area contributed by atoms with Crippen LogP contribution in [-0.4, -0.2) is 16.6 Å². The fourth-order valence-corrected chi connectivity index (χ4v) is 1.24. The third-order valence-electron chi connectivity index (χ3n) is 2.01. The molecule has 2 N–H and O–H groups in total. The molecule has 0 radical (unpaired) electrons. The minimum absolute atomic E-state index is 0.00926. The van der Waals surface area contributed by atoms with Gasteiger partial charge in [-0.3, -0.25) is 10.1 Å². The number of rotatable bonds is 5. The maximum absolute atomic E-state index is 10.7. The van der Waals surface area contributed by atoms with Crippen LogP contribution in [0.4, 0.5) is 11.4 Å². The first-order valence-corrected chi connectivity index (χ1v) is 4.81. The van der Waals surface area contributed by atoms with Crippen molar-refractivity contribution < 1.29 is 10.0 Å². The normalized spacial score (nSPS) is 10.0. The molecule has 0 aliphatic carbocycles. The molecule has 0 aromatic heterocycles. The lowest BCUT2D eigenvalue weighted by atomic mass is 10.2. The van der Waals surface area contributed by atoms with E-state index in [-0.39, 0.29) is 12.3 Å². The van der Waals surface area contributed by atoms with Gasteiger partial charge >= 0.3 is 0 Å². The highest BCUT2D eigenvalue weighted by atomic mass is 16.6. The second kappa shape index (κ2) is 5.31. The molecule has 0 spiro atoms. The predicted octanol–water partition coefficient (Wildman–Crippen LogP) is 1.91. The van der Waals surface area contributed by atoms with Crippen LogP contribution in [0, 0.1) is 10.1 Å². The first-order chi connectivity index (χ1) is 7.19. The summed E-state index contributed by atoms with van der Waals surface area (Å²) in [6.07, 6.45) is 0.902. The van der Waals surface area contributed by atoms with Crippen LogP contribution in [0.2, 0.25) is 0 Å². The molecule has 0 aliphatic heterocycles. The van der Waals surface area contributed by atoms with Crippen LogP contribution < -0.4 is 5.32 Å². The van der Waals surface area contributed by atoms with Gasteiger partial charge in [0.25, 0.3) is 5.69 Å². The predicted molar refractivity (Wildman–Crippen MR) is 57.8 cm³/mol. The summed E-state index contributed by atoms with van der Waals surface area (Å²) in [5.74, 6) is 0. The molecule has 0 aliphatic rings. The van der Waals surface area contributed by atoms with E-state index in [9.17, 15) is 10.1 Å². The molecule has 0 saturated carbocycles. The molecule has 0 unspecified atom stereocenters. The van der Waals surface area contributed by atoms with Gasteiger partial charge in [0.05, 0.1) is 11.5 Å². The zero-order valence-electron chi connectivity index (χ0n) is 8.56. The quantitative estimate of drug-likeness (QED) is 0.575. The van der Waals surface area contributed by atoms with E-state index in [0.717, 1.165) is 6.42 Å². The van der Waals surface area contributed by atoms with Gasteiger partial charge in [-0.1, -0.05) is 13.0 Å². The summed E-state index contributed by atoms with van der Waals surface area (Å²) < 4.78 is 0. The van der Waals surface area contributed by atoms with Gasteiger partial charge in [0.15, 0.2) is 0 Å². The molecule has 0 fully saturated rings. The Bertz CT molecular complexity index is 353. The van der Waals surface area contributed by atoms with Gasteiger partial charge in [0.2, 0.25) is 0 Å². The smallest absolute Gasteiger partial charge is 0.292 e. The average Bonchev–Trinajstić information content (AvgIpc) is 2.26. The van der Waals surface area contributed by atoms with Gasteiger partial charge < -0.3 is 10.4 Å². The Morgan fingerprint density at radius 2 is 2.27 bits per heavy atom. The molecule has 0 atom stereocenters. The van der Waals surface area contributed by atoms with Crippen molar-refractivity contribution in [1.82, 2.24) is 0 Å². The van der Waals surface area contributed by atoms with Gasteiger partial charge in [0.1, 0.15) is 5.69 Å². The van der Waals surface area contributed by atoms with Crippen molar-refractivity contribution in [2.45, 2.75) is 20.0 Å². The van der Waals surface area contributed by atoms with E-state index >= 15 is 0 Å². The van der Waals surface area contributed by atoms with Crippen LogP contribution in [-0.2, 0) is 6.61 Å². The average molecular weight is 210 g/mol. The Morgan fingerprint density at radius 3 is 2.80 bits per heavy atom. The number of aliphatic hydroxyl groups excluding tert-OH is 1. The lowest BCUT2D eigenvalue weighted by Gasteiger charge is -2.06. The van der Waals surface area contributed by atoms with Crippen molar-refractivity contribution in [2.75, 3.05) is 11.9 Å². The monoisotopic (exact) mass is 210 g/mol. The Morgan fingerprint density at radius 1 is 1.53 bits per heavy atom. The van der Waals surface area contributed by atoms with Gasteiger partial charge in [-0.2, -0.15) is 0 Å². The highest BCUT2D eigenvalue weighted by Crippen LogP contribution is 2.25. The number of anilines is 1. The lowest BCUT2D eigenvalue weighted by Crippen LogP contribution is -2.03. The number of hydrogen-bond donors (Lipinski definition) is 2. The van der Waals surface area contributed by atoms with Gasteiger partial charge in [-0.15, -0.1) is 0 Å². The van der Waals surface area contributed by atoms with Crippen molar-refractivity contribution in [3.8, 4) is 0 Å². The lowest BCUT2D eigenvalue weighted by molar-refractivity contribution is -0.384. The maximum atomic E-state index is 10.7. The summed E-state index contributed by atoms with van der Waals surface area (Å²) in [7, 11) is 0. The summed E-state index contributed by atoms with van der Waals surface area (Å²) in [5.41, 5.74) is 1.05. The van der Waals surface area contributed by atoms with E-state index in [1.807, 2.05) is 6.92 Å². The van der Waals surface area contributed by atoms with E-state index in [0.29, 0.717) is 17.8 Å². The van der Waals surface area contributed by atoms with E-state index < -0.39 is 4.92 Å². The fraction of sp³-hybridized carbons (Fsp3) is 0.400. The minimum atomic E-state index is -0.447. The molecule has 1 rings (SSSR count). The zero-order chi connectivity index (χ0) is 11.3. The molecule has 82 valence electrons. The maximum Gasteiger partial charge on any atom is 0.292 e. The summed E-state index contributed by atoms with van der Waals surface area (Å²) in [6, 6.07) is 4.68. The van der Waals surface area contributed by atoms with Crippen molar-refractivity contribution in [1.29, 1.82) is 0 Å². The summed E-state index contributed by atoms with van der Waals surface area (Å²) >= 11 is 0. The number of nitrogens with one attached hydrogen (secondary N) is 1. The molecular formula is C10H14N2O3. The Hall–Kier alpha value is -1.62. The van der Waals surface area contributed by atoms with E-state index in [1.54, 1.807) is 12.1 Å². The molecular weight excluding hydrogens is 196 g/mol. The first-order valence-electron chi connectivity index (χ1n) is 4.81. The van der Waals surface area contributed by atoms with E-state index in [1.165, 1.54) is 6.07 Å². The number of hydrogen-bond acceptors (Lipinski definition) is 4. The molecule has 1 aromatic carbocycles. The minimum Gasteiger partial charge on any atom is -0.392 e. The standard InChI is InChI=1S/C10H14N2O3/c1-2-5-11-9-4-3-8(7-13)6-10(9)12(14)15/h3-4,6,11,13H,2,5,7H2,1H3. The summed E-state index contributed by atoms with van der Waals surface area (Å²) in [4.78, 5) is 10.3. The molecule has 1 aromatic rings. The Labute approximate surface area is 87.9 Å². The van der Waals surface area contributed by atoms with Crippen LogP contribution in [0.25, 0.3) is 0 Å². The number of nitrogens with zero attached hydrogens (tertiary/aromatic N) is 1. The molecule has 5 nitrogen and oxygen atoms in total. The van der Waals surface area contributed by atoms with Gasteiger partial charge in [-0.05, 0) is 18.1 Å². The van der Waals surface area contributed by atoms with Crippen molar-refractivity contribution in [3.05, 3.63) is 33.9 Å². The van der Waals surface area contributed by atoms with Crippen LogP contribution in [0.3, 0.4) is 0 Å². The SMILES string of the molecule is CCCNc1ccc(CO)cc1[N+](=O)[O-].